The van der Waals surface area contributed by atoms with Crippen molar-refractivity contribution in [3.05, 3.63) is 48.4 Å². The number of oxazole rings is 1. The van der Waals surface area contributed by atoms with E-state index in [1.165, 1.54) is 24.2 Å². The van der Waals surface area contributed by atoms with Gasteiger partial charge in [-0.2, -0.15) is 0 Å². The number of benzene rings is 1. The molecule has 19 heavy (non-hydrogen) atoms. The number of likely N-dealkylation sites (N-methyl/N-ethyl adjacent to an activating group) is 1. The Bertz CT molecular complexity index is 530. The fourth-order valence-corrected chi connectivity index (χ4v) is 2.80. The van der Waals surface area contributed by atoms with E-state index in [0.717, 1.165) is 0 Å². The van der Waals surface area contributed by atoms with Gasteiger partial charge in [0, 0.05) is 5.75 Å². The van der Waals surface area contributed by atoms with E-state index in [0.29, 0.717) is 10.8 Å². The fraction of sp³-hybridized carbons (Fsp3) is 0.231. The summed E-state index contributed by atoms with van der Waals surface area (Å²) in [5.74, 6) is -0.649. The zero-order valence-corrected chi connectivity index (χ0v) is 11.2. The Labute approximate surface area is 115 Å². The lowest BCUT2D eigenvalue weighted by atomic mass is 9.92. The first-order valence-electron chi connectivity index (χ1n) is 5.69. The van der Waals surface area contributed by atoms with Gasteiger partial charge in [0.25, 0.3) is 5.22 Å². The van der Waals surface area contributed by atoms with Crippen molar-refractivity contribution in [2.75, 3.05) is 12.8 Å². The SMILES string of the molecule is CNC(CSc1ncco1)(C(=O)O)c1ccccc1. The molecule has 2 rings (SSSR count). The Balaban J connectivity index is 2.27. The number of thioether (sulfide) groups is 1. The minimum absolute atomic E-state index is 0.281. The van der Waals surface area contributed by atoms with Crippen LogP contribution in [0.3, 0.4) is 0 Å². The number of nitrogens with one attached hydrogen (secondary N) is 1. The number of nitrogens with zero attached hydrogens (tertiary/aromatic N) is 1. The van der Waals surface area contributed by atoms with Gasteiger partial charge in [-0.1, -0.05) is 42.1 Å². The molecule has 0 bridgehead atoms. The number of hydrogen-bond acceptors (Lipinski definition) is 5. The molecule has 0 aliphatic carbocycles. The number of rotatable bonds is 6. The first-order chi connectivity index (χ1) is 9.19. The maximum Gasteiger partial charge on any atom is 0.329 e. The van der Waals surface area contributed by atoms with E-state index >= 15 is 0 Å². The van der Waals surface area contributed by atoms with Crippen molar-refractivity contribution in [1.29, 1.82) is 0 Å². The number of hydrogen-bond donors (Lipinski definition) is 2. The van der Waals surface area contributed by atoms with Crippen LogP contribution in [-0.2, 0) is 10.3 Å². The van der Waals surface area contributed by atoms with E-state index in [2.05, 4.69) is 10.3 Å². The molecule has 2 N–H and O–H groups in total. The lowest BCUT2D eigenvalue weighted by molar-refractivity contribution is -0.144. The van der Waals surface area contributed by atoms with E-state index in [-0.39, 0.29) is 5.75 Å². The van der Waals surface area contributed by atoms with Gasteiger partial charge < -0.3 is 14.8 Å². The maximum absolute atomic E-state index is 11.7. The molecular weight excluding hydrogens is 264 g/mol. The molecule has 0 fully saturated rings. The minimum Gasteiger partial charge on any atom is -0.480 e. The summed E-state index contributed by atoms with van der Waals surface area (Å²) in [5, 5.41) is 12.9. The van der Waals surface area contributed by atoms with Gasteiger partial charge >= 0.3 is 5.97 Å². The van der Waals surface area contributed by atoms with E-state index in [4.69, 9.17) is 4.42 Å². The Hall–Kier alpha value is -1.79. The van der Waals surface area contributed by atoms with Crippen LogP contribution in [0.2, 0.25) is 0 Å². The summed E-state index contributed by atoms with van der Waals surface area (Å²) in [6.07, 6.45) is 3.00. The van der Waals surface area contributed by atoms with Crippen LogP contribution in [0.5, 0.6) is 0 Å². The van der Waals surface area contributed by atoms with Crippen molar-refractivity contribution in [2.24, 2.45) is 0 Å². The first kappa shape index (κ1) is 13.6. The number of aromatic nitrogens is 1. The molecule has 1 aromatic carbocycles. The van der Waals surface area contributed by atoms with E-state index in [1.54, 1.807) is 19.2 Å². The minimum atomic E-state index is -1.17. The summed E-state index contributed by atoms with van der Waals surface area (Å²) >= 11 is 1.26. The number of carboxylic acids is 1. The smallest absolute Gasteiger partial charge is 0.329 e. The zero-order valence-electron chi connectivity index (χ0n) is 10.4. The Kier molecular flexibility index (Phi) is 4.24. The van der Waals surface area contributed by atoms with Crippen molar-refractivity contribution in [3.8, 4) is 0 Å². The van der Waals surface area contributed by atoms with Gasteiger partial charge in [-0.25, -0.2) is 9.78 Å². The molecule has 100 valence electrons. The predicted octanol–water partition coefficient (Wildman–Crippen LogP) is 1.97. The van der Waals surface area contributed by atoms with E-state index < -0.39 is 11.5 Å². The summed E-state index contributed by atoms with van der Waals surface area (Å²) in [7, 11) is 1.64. The van der Waals surface area contributed by atoms with Crippen molar-refractivity contribution >= 4 is 17.7 Å². The number of carboxylic acid groups (broad SMARTS) is 1. The second-order valence-electron chi connectivity index (χ2n) is 3.91. The molecule has 6 heteroatoms. The van der Waals surface area contributed by atoms with Crippen LogP contribution >= 0.6 is 11.8 Å². The molecule has 5 nitrogen and oxygen atoms in total. The molecule has 0 spiro atoms. The lowest BCUT2D eigenvalue weighted by Crippen LogP contribution is -2.49. The Morgan fingerprint density at radius 2 is 2.21 bits per heavy atom. The molecule has 0 radical (unpaired) electrons. The number of aliphatic carboxylic acids is 1. The van der Waals surface area contributed by atoms with Gasteiger partial charge in [0.15, 0.2) is 5.54 Å². The van der Waals surface area contributed by atoms with Crippen molar-refractivity contribution < 1.29 is 14.3 Å². The van der Waals surface area contributed by atoms with Crippen LogP contribution in [0, 0.1) is 0 Å². The topological polar surface area (TPSA) is 75.4 Å². The Morgan fingerprint density at radius 1 is 1.47 bits per heavy atom. The summed E-state index contributed by atoms with van der Waals surface area (Å²) in [6, 6.07) is 9.08. The molecule has 1 atom stereocenters. The normalized spacial score (nSPS) is 13.9. The second kappa shape index (κ2) is 5.90. The average molecular weight is 278 g/mol. The second-order valence-corrected chi connectivity index (χ2v) is 4.84. The van der Waals surface area contributed by atoms with Gasteiger partial charge in [-0.3, -0.25) is 0 Å². The quantitative estimate of drug-likeness (QED) is 0.787. The van der Waals surface area contributed by atoms with Gasteiger partial charge in [-0.15, -0.1) is 0 Å². The van der Waals surface area contributed by atoms with Gasteiger partial charge in [0.2, 0.25) is 0 Å². The van der Waals surface area contributed by atoms with Crippen molar-refractivity contribution in [2.45, 2.75) is 10.8 Å². The van der Waals surface area contributed by atoms with E-state index in [1.807, 2.05) is 18.2 Å². The van der Waals surface area contributed by atoms with Crippen LogP contribution in [-0.4, -0.2) is 28.9 Å². The van der Waals surface area contributed by atoms with Crippen LogP contribution in [0.1, 0.15) is 5.56 Å². The van der Waals surface area contributed by atoms with E-state index in [9.17, 15) is 9.90 Å². The van der Waals surface area contributed by atoms with Crippen molar-refractivity contribution in [1.82, 2.24) is 10.3 Å². The molecule has 1 unspecified atom stereocenters. The molecule has 0 saturated heterocycles. The monoisotopic (exact) mass is 278 g/mol. The molecule has 0 aliphatic rings. The molecular formula is C13H14N2O3S. The summed E-state index contributed by atoms with van der Waals surface area (Å²) in [4.78, 5) is 15.7. The zero-order chi connectivity index (χ0) is 13.7. The fourth-order valence-electron chi connectivity index (χ4n) is 1.77. The molecule has 0 amide bonds. The van der Waals surface area contributed by atoms with Crippen LogP contribution in [0.4, 0.5) is 0 Å². The van der Waals surface area contributed by atoms with Crippen molar-refractivity contribution in [3.63, 3.8) is 0 Å². The molecule has 1 aromatic heterocycles. The third-order valence-electron chi connectivity index (χ3n) is 2.88. The highest BCUT2D eigenvalue weighted by atomic mass is 32.2. The predicted molar refractivity (Wildman–Crippen MR) is 72.0 cm³/mol. The highest BCUT2D eigenvalue weighted by molar-refractivity contribution is 7.99. The summed E-state index contributed by atoms with van der Waals surface area (Å²) in [6.45, 7) is 0. The summed E-state index contributed by atoms with van der Waals surface area (Å²) in [5.41, 5.74) is -0.468. The molecule has 1 heterocycles. The third-order valence-corrected chi connectivity index (χ3v) is 3.91. The molecule has 0 saturated carbocycles. The van der Waals surface area contributed by atoms with Gasteiger partial charge in [0.1, 0.15) is 6.26 Å². The lowest BCUT2D eigenvalue weighted by Gasteiger charge is -2.28. The standard InChI is InChI=1S/C13H14N2O3S/c1-14-13(11(16)17,10-5-3-2-4-6-10)9-19-12-15-7-8-18-12/h2-8,14H,9H2,1H3,(H,16,17). The van der Waals surface area contributed by atoms with Crippen LogP contribution < -0.4 is 5.32 Å². The molecule has 2 aromatic rings. The molecule has 0 aliphatic heterocycles. The van der Waals surface area contributed by atoms with Gasteiger partial charge in [0.05, 0.1) is 6.20 Å². The maximum atomic E-state index is 11.7. The highest BCUT2D eigenvalue weighted by Gasteiger charge is 2.39. The van der Waals surface area contributed by atoms with Gasteiger partial charge in [-0.05, 0) is 12.6 Å². The first-order valence-corrected chi connectivity index (χ1v) is 6.68. The van der Waals surface area contributed by atoms with Crippen LogP contribution in [0.25, 0.3) is 0 Å². The largest absolute Gasteiger partial charge is 0.480 e. The highest BCUT2D eigenvalue weighted by Crippen LogP contribution is 2.29. The van der Waals surface area contributed by atoms with Crippen LogP contribution in [0.15, 0.2) is 52.4 Å². The Morgan fingerprint density at radius 3 is 2.74 bits per heavy atom. The third kappa shape index (κ3) is 2.80. The summed E-state index contributed by atoms with van der Waals surface area (Å²) < 4.78 is 5.12. The average Bonchev–Trinajstić information content (AvgIpc) is 2.94. The number of carbonyl (C=O) groups is 1.